The van der Waals surface area contributed by atoms with Gasteiger partial charge >= 0.3 is 0 Å². The van der Waals surface area contributed by atoms with Crippen molar-refractivity contribution in [3.8, 4) is 5.75 Å². The van der Waals surface area contributed by atoms with Crippen LogP contribution < -0.4 is 4.74 Å². The topological polar surface area (TPSA) is 41.9 Å². The molecule has 2 aromatic carbocycles. The van der Waals surface area contributed by atoms with Gasteiger partial charge in [0, 0.05) is 11.6 Å². The second-order valence-electron chi connectivity index (χ2n) is 7.45. The Hall–Kier alpha value is -2.79. The van der Waals surface area contributed by atoms with Crippen LogP contribution >= 0.6 is 11.8 Å². The van der Waals surface area contributed by atoms with E-state index in [4.69, 9.17) is 9.73 Å². The smallest absolute Gasteiger partial charge is 0.267 e. The van der Waals surface area contributed by atoms with Crippen molar-refractivity contribution in [1.29, 1.82) is 0 Å². The van der Waals surface area contributed by atoms with E-state index in [2.05, 4.69) is 6.58 Å². The molecular weight excluding hydrogens is 392 g/mol. The summed E-state index contributed by atoms with van der Waals surface area (Å²) in [6.45, 7) is 4.14. The normalized spacial score (nSPS) is 20.1. The summed E-state index contributed by atoms with van der Waals surface area (Å²) in [4.78, 5) is 20.9. The van der Waals surface area contributed by atoms with E-state index in [0.29, 0.717) is 11.5 Å². The number of amidine groups is 1. The third-order valence-electron chi connectivity index (χ3n) is 5.32. The van der Waals surface area contributed by atoms with Gasteiger partial charge in [0.05, 0.1) is 10.6 Å². The lowest BCUT2D eigenvalue weighted by Crippen LogP contribution is -2.40. The average Bonchev–Trinajstić information content (AvgIpc) is 3.09. The van der Waals surface area contributed by atoms with Crippen molar-refractivity contribution < 1.29 is 9.53 Å². The Bertz CT molecular complexity index is 962. The van der Waals surface area contributed by atoms with Crippen LogP contribution in [0.2, 0.25) is 0 Å². The summed E-state index contributed by atoms with van der Waals surface area (Å²) in [5, 5.41) is 0.772. The maximum Gasteiger partial charge on any atom is 0.267 e. The van der Waals surface area contributed by atoms with Crippen molar-refractivity contribution in [3.05, 3.63) is 77.7 Å². The Balaban J connectivity index is 1.68. The summed E-state index contributed by atoms with van der Waals surface area (Å²) < 4.78 is 5.77. The maximum absolute atomic E-state index is 13.4. The molecule has 30 heavy (non-hydrogen) atoms. The van der Waals surface area contributed by atoms with Gasteiger partial charge in [-0.25, -0.2) is 4.99 Å². The van der Waals surface area contributed by atoms with Gasteiger partial charge in [0.25, 0.3) is 5.91 Å². The number of benzene rings is 2. The third-order valence-corrected chi connectivity index (χ3v) is 6.30. The predicted octanol–water partition coefficient (Wildman–Crippen LogP) is 6.19. The fraction of sp³-hybridized carbons (Fsp3) is 0.280. The standard InChI is InChI=1S/C25H26N2O2S/c1-2-17-29-22-16-10-9-11-19(22)18-23-24(28)27(21-14-7-4-8-15-21)25(30-23)26-20-12-5-3-6-13-20/h2-3,5-6,9-13,16,18,21H,1,4,7-8,14-15,17H2/b23-18+,26-25?. The fourth-order valence-corrected chi connectivity index (χ4v) is 4.91. The quantitative estimate of drug-likeness (QED) is 0.415. The van der Waals surface area contributed by atoms with Gasteiger partial charge in [0.1, 0.15) is 12.4 Å². The molecule has 0 radical (unpaired) electrons. The minimum absolute atomic E-state index is 0.0418. The Labute approximate surface area is 182 Å². The molecule has 1 heterocycles. The van der Waals surface area contributed by atoms with Crippen LogP contribution in [0.5, 0.6) is 5.75 Å². The molecule has 5 heteroatoms. The van der Waals surface area contributed by atoms with Crippen molar-refractivity contribution in [1.82, 2.24) is 4.90 Å². The number of ether oxygens (including phenoxy) is 1. The summed E-state index contributed by atoms with van der Waals surface area (Å²) in [6, 6.07) is 17.8. The molecule has 1 aliphatic carbocycles. The molecule has 0 spiro atoms. The molecule has 154 valence electrons. The SMILES string of the molecule is C=CCOc1ccccc1/C=C1/SC(=Nc2ccccc2)N(C2CCCCC2)C1=O. The number of carbonyl (C=O) groups is 1. The number of thioether (sulfide) groups is 1. The van der Waals surface area contributed by atoms with Crippen molar-refractivity contribution >= 4 is 34.6 Å². The molecule has 0 atom stereocenters. The van der Waals surface area contributed by atoms with Crippen LogP contribution in [-0.4, -0.2) is 28.6 Å². The molecule has 2 fully saturated rings. The maximum atomic E-state index is 13.4. The zero-order chi connectivity index (χ0) is 20.8. The molecule has 0 aromatic heterocycles. The van der Waals surface area contributed by atoms with Gasteiger partial charge < -0.3 is 4.74 Å². The van der Waals surface area contributed by atoms with Crippen LogP contribution in [0.4, 0.5) is 5.69 Å². The number of nitrogens with zero attached hydrogens (tertiary/aromatic N) is 2. The van der Waals surface area contributed by atoms with Crippen molar-refractivity contribution in [2.24, 2.45) is 4.99 Å². The molecule has 1 saturated carbocycles. The predicted molar refractivity (Wildman–Crippen MR) is 125 cm³/mol. The largest absolute Gasteiger partial charge is 0.489 e. The van der Waals surface area contributed by atoms with E-state index in [9.17, 15) is 4.79 Å². The number of carbonyl (C=O) groups excluding carboxylic acids is 1. The second kappa shape index (κ2) is 9.81. The molecule has 4 rings (SSSR count). The molecule has 2 aromatic rings. The van der Waals surface area contributed by atoms with E-state index in [-0.39, 0.29) is 11.9 Å². The van der Waals surface area contributed by atoms with E-state index in [0.717, 1.165) is 47.9 Å². The van der Waals surface area contributed by atoms with Gasteiger partial charge in [-0.3, -0.25) is 9.69 Å². The summed E-state index contributed by atoms with van der Waals surface area (Å²) >= 11 is 1.45. The molecule has 4 nitrogen and oxygen atoms in total. The Kier molecular flexibility index (Phi) is 6.70. The number of hydrogen-bond acceptors (Lipinski definition) is 4. The molecule has 1 aliphatic heterocycles. The minimum atomic E-state index is 0.0418. The van der Waals surface area contributed by atoms with Gasteiger partial charge in [0.2, 0.25) is 0 Å². The lowest BCUT2D eigenvalue weighted by molar-refractivity contribution is -0.124. The molecule has 2 aliphatic rings. The Morgan fingerprint density at radius 3 is 2.57 bits per heavy atom. The van der Waals surface area contributed by atoms with Gasteiger partial charge in [-0.05, 0) is 48.9 Å². The van der Waals surface area contributed by atoms with Gasteiger partial charge in [0.15, 0.2) is 5.17 Å². The highest BCUT2D eigenvalue weighted by atomic mass is 32.2. The summed E-state index contributed by atoms with van der Waals surface area (Å²) in [7, 11) is 0. The Morgan fingerprint density at radius 1 is 1.07 bits per heavy atom. The first-order valence-electron chi connectivity index (χ1n) is 10.5. The van der Waals surface area contributed by atoms with Crippen LogP contribution in [0, 0.1) is 0 Å². The van der Waals surface area contributed by atoms with E-state index < -0.39 is 0 Å². The summed E-state index contributed by atoms with van der Waals surface area (Å²) in [5.74, 6) is 0.788. The highest BCUT2D eigenvalue weighted by molar-refractivity contribution is 8.18. The number of aliphatic imine (C=N–C) groups is 1. The first kappa shape index (κ1) is 20.5. The lowest BCUT2D eigenvalue weighted by Gasteiger charge is -2.30. The number of rotatable bonds is 6. The molecule has 1 saturated heterocycles. The zero-order valence-electron chi connectivity index (χ0n) is 17.0. The fourth-order valence-electron chi connectivity index (χ4n) is 3.86. The van der Waals surface area contributed by atoms with Crippen molar-refractivity contribution in [3.63, 3.8) is 0 Å². The van der Waals surface area contributed by atoms with Gasteiger partial charge in [-0.2, -0.15) is 0 Å². The summed E-state index contributed by atoms with van der Waals surface area (Å²) in [6.07, 6.45) is 9.28. The highest BCUT2D eigenvalue weighted by Gasteiger charge is 2.38. The second-order valence-corrected chi connectivity index (χ2v) is 8.45. The van der Waals surface area contributed by atoms with Crippen molar-refractivity contribution in [2.75, 3.05) is 6.61 Å². The van der Waals surface area contributed by atoms with Crippen LogP contribution in [0.25, 0.3) is 6.08 Å². The van der Waals surface area contributed by atoms with Crippen LogP contribution in [0.15, 0.2) is 77.1 Å². The molecule has 0 N–H and O–H groups in total. The van der Waals surface area contributed by atoms with E-state index >= 15 is 0 Å². The lowest BCUT2D eigenvalue weighted by atomic mass is 9.94. The van der Waals surface area contributed by atoms with Gasteiger partial charge in [-0.15, -0.1) is 0 Å². The van der Waals surface area contributed by atoms with E-state index in [1.807, 2.05) is 65.6 Å². The number of para-hydroxylation sites is 2. The third kappa shape index (κ3) is 4.68. The Morgan fingerprint density at radius 2 is 1.80 bits per heavy atom. The van der Waals surface area contributed by atoms with Crippen molar-refractivity contribution in [2.45, 2.75) is 38.1 Å². The molecule has 0 unspecified atom stereocenters. The van der Waals surface area contributed by atoms with Crippen LogP contribution in [-0.2, 0) is 4.79 Å². The summed E-state index contributed by atoms with van der Waals surface area (Å²) in [5.41, 5.74) is 1.75. The minimum Gasteiger partial charge on any atom is -0.489 e. The van der Waals surface area contributed by atoms with E-state index in [1.54, 1.807) is 6.08 Å². The zero-order valence-corrected chi connectivity index (χ0v) is 17.8. The van der Waals surface area contributed by atoms with Gasteiger partial charge in [-0.1, -0.05) is 68.3 Å². The van der Waals surface area contributed by atoms with Crippen LogP contribution in [0.1, 0.15) is 37.7 Å². The highest BCUT2D eigenvalue weighted by Crippen LogP contribution is 2.39. The first-order chi connectivity index (χ1) is 14.8. The first-order valence-corrected chi connectivity index (χ1v) is 11.3. The molecule has 0 bridgehead atoms. The average molecular weight is 419 g/mol. The van der Waals surface area contributed by atoms with Crippen LogP contribution in [0.3, 0.4) is 0 Å². The van der Waals surface area contributed by atoms with E-state index in [1.165, 1.54) is 18.2 Å². The number of hydrogen-bond donors (Lipinski definition) is 0. The molecular formula is C25H26N2O2S. The monoisotopic (exact) mass is 418 g/mol. The number of amides is 1. The molecule has 1 amide bonds.